The summed E-state index contributed by atoms with van der Waals surface area (Å²) in [7, 11) is 1.58. The predicted molar refractivity (Wildman–Crippen MR) is 104 cm³/mol. The Bertz CT molecular complexity index is 965. The summed E-state index contributed by atoms with van der Waals surface area (Å²) in [4.78, 5) is 11.8. The third-order valence-corrected chi connectivity index (χ3v) is 6.69. The summed E-state index contributed by atoms with van der Waals surface area (Å²) >= 11 is 4.74. The standard InChI is InChI=1S/C17H16N2O3S3/c1-10(2)8-23-16-18-19-17(25-16)24-9-11-6-15(20)22-14-7-12(21-3)4-5-13(11)14/h4-7H,1,8-9H2,2-3H3. The molecule has 0 unspecified atom stereocenters. The fraction of sp³-hybridized carbons (Fsp3) is 0.235. The van der Waals surface area contributed by atoms with Crippen LogP contribution in [-0.2, 0) is 5.75 Å². The summed E-state index contributed by atoms with van der Waals surface area (Å²) in [5, 5.41) is 9.27. The zero-order valence-corrected chi connectivity index (χ0v) is 16.2. The molecule has 1 aromatic carbocycles. The van der Waals surface area contributed by atoms with E-state index in [4.69, 9.17) is 9.15 Å². The molecule has 0 aliphatic rings. The monoisotopic (exact) mass is 392 g/mol. The maximum absolute atomic E-state index is 11.8. The van der Waals surface area contributed by atoms with E-state index < -0.39 is 0 Å². The van der Waals surface area contributed by atoms with Gasteiger partial charge in [-0.15, -0.1) is 10.2 Å². The second-order valence-corrected chi connectivity index (χ2v) is 8.74. The van der Waals surface area contributed by atoms with Gasteiger partial charge in [0.2, 0.25) is 0 Å². The molecular weight excluding hydrogens is 376 g/mol. The lowest BCUT2D eigenvalue weighted by Crippen LogP contribution is -2.00. The van der Waals surface area contributed by atoms with Gasteiger partial charge in [0.1, 0.15) is 11.3 Å². The molecule has 0 fully saturated rings. The van der Waals surface area contributed by atoms with Gasteiger partial charge in [0.15, 0.2) is 8.68 Å². The van der Waals surface area contributed by atoms with Crippen molar-refractivity contribution in [3.05, 3.63) is 52.4 Å². The number of nitrogens with zero attached hydrogens (tertiary/aromatic N) is 2. The summed E-state index contributed by atoms with van der Waals surface area (Å²) in [6, 6.07) is 7.01. The van der Waals surface area contributed by atoms with Crippen LogP contribution >= 0.6 is 34.9 Å². The van der Waals surface area contributed by atoms with Crippen molar-refractivity contribution in [2.75, 3.05) is 12.9 Å². The molecule has 5 nitrogen and oxygen atoms in total. The van der Waals surface area contributed by atoms with Crippen LogP contribution in [0.3, 0.4) is 0 Å². The number of fused-ring (bicyclic) bond motifs is 1. The molecule has 25 heavy (non-hydrogen) atoms. The summed E-state index contributed by atoms with van der Waals surface area (Å²) < 4.78 is 12.3. The molecular formula is C17H16N2O3S3. The Kier molecular flexibility index (Phi) is 5.82. The summed E-state index contributed by atoms with van der Waals surface area (Å²) in [5.41, 5.74) is 2.17. The molecule has 0 radical (unpaired) electrons. The van der Waals surface area contributed by atoms with E-state index in [1.54, 1.807) is 48.0 Å². The van der Waals surface area contributed by atoms with E-state index in [0.717, 1.165) is 31.0 Å². The average molecular weight is 393 g/mol. The summed E-state index contributed by atoms with van der Waals surface area (Å²) in [6.45, 7) is 5.88. The largest absolute Gasteiger partial charge is 0.497 e. The molecule has 130 valence electrons. The number of thioether (sulfide) groups is 2. The molecule has 3 aromatic rings. The Labute approximate surface area is 157 Å². The number of aromatic nitrogens is 2. The molecule has 3 rings (SSSR count). The molecule has 0 saturated heterocycles. The number of methoxy groups -OCH3 is 1. The highest BCUT2D eigenvalue weighted by Crippen LogP contribution is 2.33. The number of benzene rings is 1. The molecule has 2 heterocycles. The van der Waals surface area contributed by atoms with Crippen molar-refractivity contribution in [3.8, 4) is 5.75 Å². The second kappa shape index (κ2) is 8.07. The molecule has 0 amide bonds. The highest BCUT2D eigenvalue weighted by molar-refractivity contribution is 8.03. The van der Waals surface area contributed by atoms with Gasteiger partial charge >= 0.3 is 5.63 Å². The molecule has 2 aromatic heterocycles. The molecule has 0 bridgehead atoms. The predicted octanol–water partition coefficient (Wildman–Crippen LogP) is 4.61. The lowest BCUT2D eigenvalue weighted by molar-refractivity contribution is 0.414. The van der Waals surface area contributed by atoms with Crippen molar-refractivity contribution >= 4 is 45.8 Å². The van der Waals surface area contributed by atoms with Crippen molar-refractivity contribution in [1.82, 2.24) is 10.2 Å². The van der Waals surface area contributed by atoms with Crippen molar-refractivity contribution in [2.24, 2.45) is 0 Å². The lowest BCUT2D eigenvalue weighted by atomic mass is 10.1. The zero-order valence-electron chi connectivity index (χ0n) is 13.8. The number of ether oxygens (including phenoxy) is 1. The first-order valence-corrected chi connectivity index (χ1v) is 10.2. The van der Waals surface area contributed by atoms with E-state index in [1.807, 2.05) is 19.1 Å². The van der Waals surface area contributed by atoms with Gasteiger partial charge in [-0.2, -0.15) is 0 Å². The molecule has 0 saturated carbocycles. The first-order valence-electron chi connectivity index (χ1n) is 7.39. The van der Waals surface area contributed by atoms with Gasteiger partial charge in [-0.3, -0.25) is 0 Å². The second-order valence-electron chi connectivity index (χ2n) is 5.32. The van der Waals surface area contributed by atoms with Crippen LogP contribution < -0.4 is 10.4 Å². The molecule has 0 spiro atoms. The quantitative estimate of drug-likeness (QED) is 0.330. The maximum Gasteiger partial charge on any atom is 0.336 e. The topological polar surface area (TPSA) is 65.2 Å². The minimum absolute atomic E-state index is 0.369. The van der Waals surface area contributed by atoms with Crippen LogP contribution in [-0.4, -0.2) is 23.1 Å². The third-order valence-electron chi connectivity index (χ3n) is 3.22. The molecule has 0 aliphatic carbocycles. The Hall–Kier alpha value is -1.77. The van der Waals surface area contributed by atoms with Gasteiger partial charge < -0.3 is 9.15 Å². The van der Waals surface area contributed by atoms with Gasteiger partial charge in [0.05, 0.1) is 7.11 Å². The molecule has 8 heteroatoms. The average Bonchev–Trinajstić information content (AvgIpc) is 3.05. The van der Waals surface area contributed by atoms with Crippen molar-refractivity contribution in [3.63, 3.8) is 0 Å². The van der Waals surface area contributed by atoms with Crippen molar-refractivity contribution < 1.29 is 9.15 Å². The first-order chi connectivity index (χ1) is 12.0. The molecule has 0 N–H and O–H groups in total. The zero-order chi connectivity index (χ0) is 17.8. The molecule has 0 aliphatic heterocycles. The van der Waals surface area contributed by atoms with Crippen LogP contribution in [0.15, 0.2) is 54.3 Å². The van der Waals surface area contributed by atoms with Crippen LogP contribution in [0.4, 0.5) is 0 Å². The van der Waals surface area contributed by atoms with Gasteiger partial charge in [-0.25, -0.2) is 4.79 Å². The Balaban J connectivity index is 1.77. The minimum atomic E-state index is -0.369. The van der Waals surface area contributed by atoms with Gasteiger partial charge in [-0.05, 0) is 24.6 Å². The SMILES string of the molecule is C=C(C)CSc1nnc(SCc2cc(=O)oc3cc(OC)ccc23)s1. The Morgan fingerprint density at radius 1 is 1.28 bits per heavy atom. The number of hydrogen-bond donors (Lipinski definition) is 0. The van der Waals surface area contributed by atoms with E-state index in [0.29, 0.717) is 17.1 Å². The fourth-order valence-electron chi connectivity index (χ4n) is 2.09. The van der Waals surface area contributed by atoms with Gasteiger partial charge in [0, 0.05) is 29.0 Å². The van der Waals surface area contributed by atoms with Crippen LogP contribution in [0.2, 0.25) is 0 Å². The van der Waals surface area contributed by atoms with E-state index >= 15 is 0 Å². The molecule has 0 atom stereocenters. The highest BCUT2D eigenvalue weighted by Gasteiger charge is 2.10. The van der Waals surface area contributed by atoms with Crippen LogP contribution in [0.1, 0.15) is 12.5 Å². The normalized spacial score (nSPS) is 11.0. The smallest absolute Gasteiger partial charge is 0.336 e. The van der Waals surface area contributed by atoms with Crippen LogP contribution in [0, 0.1) is 0 Å². The van der Waals surface area contributed by atoms with E-state index in [2.05, 4.69) is 16.8 Å². The van der Waals surface area contributed by atoms with E-state index in [-0.39, 0.29) is 5.63 Å². The van der Waals surface area contributed by atoms with Gasteiger partial charge in [-0.1, -0.05) is 47.0 Å². The number of rotatable bonds is 7. The van der Waals surface area contributed by atoms with Crippen molar-refractivity contribution in [1.29, 1.82) is 0 Å². The van der Waals surface area contributed by atoms with E-state index in [1.165, 1.54) is 6.07 Å². The third kappa shape index (κ3) is 4.65. The first kappa shape index (κ1) is 18.0. The van der Waals surface area contributed by atoms with Crippen LogP contribution in [0.5, 0.6) is 5.75 Å². The Morgan fingerprint density at radius 2 is 2.04 bits per heavy atom. The fourth-order valence-corrected chi connectivity index (χ4v) is 4.95. The summed E-state index contributed by atoms with van der Waals surface area (Å²) in [5.74, 6) is 2.11. The van der Waals surface area contributed by atoms with E-state index in [9.17, 15) is 4.79 Å². The van der Waals surface area contributed by atoms with Crippen LogP contribution in [0.25, 0.3) is 11.0 Å². The highest BCUT2D eigenvalue weighted by atomic mass is 32.2. The van der Waals surface area contributed by atoms with Gasteiger partial charge in [0.25, 0.3) is 0 Å². The number of hydrogen-bond acceptors (Lipinski definition) is 8. The Morgan fingerprint density at radius 3 is 2.76 bits per heavy atom. The minimum Gasteiger partial charge on any atom is -0.497 e. The van der Waals surface area contributed by atoms with Crippen molar-refractivity contribution in [2.45, 2.75) is 21.4 Å². The summed E-state index contributed by atoms with van der Waals surface area (Å²) in [6.07, 6.45) is 0. The maximum atomic E-state index is 11.8. The lowest BCUT2D eigenvalue weighted by Gasteiger charge is -2.05.